The van der Waals surface area contributed by atoms with Gasteiger partial charge in [-0.1, -0.05) is 6.92 Å². The van der Waals surface area contributed by atoms with Gasteiger partial charge in [0.05, 0.1) is 24.3 Å². The molecule has 1 aliphatic rings. The number of hydrogen-bond acceptors (Lipinski definition) is 8. The first-order valence-corrected chi connectivity index (χ1v) is 14.0. The zero-order valence-corrected chi connectivity index (χ0v) is 23.8. The molecule has 0 spiro atoms. The third-order valence-electron chi connectivity index (χ3n) is 7.17. The van der Waals surface area contributed by atoms with Gasteiger partial charge in [0, 0.05) is 49.8 Å². The summed E-state index contributed by atoms with van der Waals surface area (Å²) in [5.41, 5.74) is -0.737. The van der Waals surface area contributed by atoms with Crippen LogP contribution in [0.4, 0.5) is 38.5 Å². The van der Waals surface area contributed by atoms with Gasteiger partial charge in [0.1, 0.15) is 17.0 Å². The summed E-state index contributed by atoms with van der Waals surface area (Å²) in [4.78, 5) is 31.7. The van der Waals surface area contributed by atoms with Crippen LogP contribution in [0.25, 0.3) is 22.6 Å². The second kappa shape index (κ2) is 12.9. The number of urea groups is 1. The third kappa shape index (κ3) is 6.92. The van der Waals surface area contributed by atoms with E-state index in [0.717, 1.165) is 24.2 Å². The van der Waals surface area contributed by atoms with E-state index < -0.39 is 24.0 Å². The Morgan fingerprint density at radius 3 is 2.43 bits per heavy atom. The molecule has 0 unspecified atom stereocenters. The summed E-state index contributed by atoms with van der Waals surface area (Å²) < 4.78 is 68.9. The molecular weight excluding hydrogens is 589 g/mol. The second-order valence-electron chi connectivity index (χ2n) is 10.3. The van der Waals surface area contributed by atoms with E-state index in [1.807, 2.05) is 13.1 Å². The minimum atomic E-state index is -4.82. The zero-order valence-electron chi connectivity index (χ0n) is 23.8. The lowest BCUT2D eigenvalue weighted by Gasteiger charge is -2.36. The lowest BCUT2D eigenvalue weighted by molar-refractivity contribution is -0.137. The maximum Gasteiger partial charge on any atom is 0.420 e. The van der Waals surface area contributed by atoms with Gasteiger partial charge in [0.2, 0.25) is 5.95 Å². The highest BCUT2D eigenvalue weighted by Crippen LogP contribution is 2.36. The molecule has 1 saturated carbocycles. The van der Waals surface area contributed by atoms with Crippen LogP contribution in [0.5, 0.6) is 0 Å². The lowest BCUT2D eigenvalue weighted by atomic mass is 9.90. The summed E-state index contributed by atoms with van der Waals surface area (Å²) in [6, 6.07) is 0.314. The van der Waals surface area contributed by atoms with Crippen molar-refractivity contribution < 1.29 is 26.7 Å². The highest BCUT2D eigenvalue weighted by atomic mass is 19.4. The number of rotatable bonds is 9. The van der Waals surface area contributed by atoms with Crippen molar-refractivity contribution in [1.29, 1.82) is 0 Å². The summed E-state index contributed by atoms with van der Waals surface area (Å²) in [6.07, 6.45) is 6.24. The summed E-state index contributed by atoms with van der Waals surface area (Å²) in [6.45, 7) is -0.582. The number of nitrogens with zero attached hydrogens (tertiary/aromatic N) is 9. The van der Waals surface area contributed by atoms with Crippen molar-refractivity contribution in [3.05, 3.63) is 48.8 Å². The van der Waals surface area contributed by atoms with Crippen LogP contribution in [-0.2, 0) is 13.2 Å². The lowest BCUT2D eigenvalue weighted by Crippen LogP contribution is -2.49. The first-order valence-electron chi connectivity index (χ1n) is 14.0. The topological polar surface area (TPSA) is 132 Å². The molecule has 0 aliphatic heterocycles. The van der Waals surface area contributed by atoms with Crippen LogP contribution in [0.15, 0.2) is 43.2 Å². The summed E-state index contributed by atoms with van der Waals surface area (Å²) in [7, 11) is 1.80. The Morgan fingerprint density at radius 1 is 1.07 bits per heavy atom. The van der Waals surface area contributed by atoms with Crippen molar-refractivity contribution in [3.8, 4) is 22.6 Å². The number of halogens is 5. The summed E-state index contributed by atoms with van der Waals surface area (Å²) >= 11 is 0. The number of carbonyl (C=O) groups excluding carboxylic acids is 1. The van der Waals surface area contributed by atoms with Crippen LogP contribution in [0, 0.1) is 0 Å². The van der Waals surface area contributed by atoms with Crippen LogP contribution < -0.4 is 15.5 Å². The van der Waals surface area contributed by atoms with Gasteiger partial charge in [0.15, 0.2) is 5.82 Å². The van der Waals surface area contributed by atoms with Crippen molar-refractivity contribution >= 4 is 17.8 Å². The fourth-order valence-corrected chi connectivity index (χ4v) is 5.01. The highest BCUT2D eigenvalue weighted by Gasteiger charge is 2.37. The minimum absolute atomic E-state index is 0.0857. The van der Waals surface area contributed by atoms with Crippen molar-refractivity contribution in [2.75, 3.05) is 16.8 Å². The Labute approximate surface area is 248 Å². The summed E-state index contributed by atoms with van der Waals surface area (Å²) in [5, 5.41) is 13.7. The van der Waals surface area contributed by atoms with Crippen molar-refractivity contribution in [1.82, 2.24) is 44.8 Å². The fraction of sp³-hybridized carbons (Fsp3) is 0.444. The average molecular weight is 620 g/mol. The van der Waals surface area contributed by atoms with E-state index >= 15 is 0 Å². The Balaban J connectivity index is 1.30. The number of amides is 2. The molecule has 0 bridgehead atoms. The number of nitrogens with one attached hydrogen (secondary N) is 2. The Bertz CT molecular complexity index is 1560. The van der Waals surface area contributed by atoms with E-state index in [9.17, 15) is 26.7 Å². The molecule has 2 N–H and O–H groups in total. The van der Waals surface area contributed by atoms with E-state index in [4.69, 9.17) is 0 Å². The van der Waals surface area contributed by atoms with Gasteiger partial charge in [-0.2, -0.15) is 32.1 Å². The van der Waals surface area contributed by atoms with Crippen molar-refractivity contribution in [2.24, 2.45) is 7.05 Å². The number of anilines is 2. The maximum absolute atomic E-state index is 13.7. The molecule has 0 radical (unpaired) electrons. The van der Waals surface area contributed by atoms with Gasteiger partial charge in [-0.05, 0) is 38.2 Å². The first kappa shape index (κ1) is 30.7. The monoisotopic (exact) mass is 619 g/mol. The average Bonchev–Trinajstić information content (AvgIpc) is 3.67. The van der Waals surface area contributed by atoms with Crippen molar-refractivity contribution in [3.63, 3.8) is 0 Å². The number of hydrogen-bond donors (Lipinski definition) is 2. The SMILES string of the molecule is CCCNC(=O)N(c1cnc(-c2cnn(C)c2)cn1)C1CCC(Nc2ncc(C(F)(F)F)c(-c3ccn(C(F)F)n3)n2)CC1. The predicted molar refractivity (Wildman–Crippen MR) is 150 cm³/mol. The number of aryl methyl sites for hydroxylation is 1. The molecule has 1 fully saturated rings. The molecule has 0 atom stereocenters. The van der Waals surface area contributed by atoms with Crippen LogP contribution in [0.2, 0.25) is 0 Å². The molecule has 0 saturated heterocycles. The molecule has 4 heterocycles. The predicted octanol–water partition coefficient (Wildman–Crippen LogP) is 5.29. The molecule has 12 nitrogen and oxygen atoms in total. The molecule has 5 rings (SSSR count). The molecule has 0 aromatic carbocycles. The largest absolute Gasteiger partial charge is 0.420 e. The fourth-order valence-electron chi connectivity index (χ4n) is 5.01. The van der Waals surface area contributed by atoms with E-state index in [2.05, 4.69) is 40.8 Å². The van der Waals surface area contributed by atoms with Gasteiger partial charge in [-0.15, -0.1) is 0 Å². The molecule has 4 aromatic heterocycles. The smallest absolute Gasteiger partial charge is 0.351 e. The van der Waals surface area contributed by atoms with E-state index in [1.54, 1.807) is 35.2 Å². The molecule has 44 heavy (non-hydrogen) atoms. The van der Waals surface area contributed by atoms with Crippen LogP contribution >= 0.6 is 0 Å². The van der Waals surface area contributed by atoms with Gasteiger partial charge >= 0.3 is 18.8 Å². The van der Waals surface area contributed by atoms with E-state index in [0.29, 0.717) is 49.9 Å². The van der Waals surface area contributed by atoms with Crippen molar-refractivity contribution in [2.45, 2.75) is 63.8 Å². The first-order chi connectivity index (χ1) is 21.0. The molecule has 17 heteroatoms. The zero-order chi connectivity index (χ0) is 31.4. The van der Waals surface area contributed by atoms with Gasteiger partial charge in [0.25, 0.3) is 0 Å². The van der Waals surface area contributed by atoms with Crippen LogP contribution in [0.3, 0.4) is 0 Å². The number of aromatic nitrogens is 8. The standard InChI is InChI=1S/C27H30F5N11O/c1-3-9-33-26(44)43(22-14-34-21(13-35-22)16-11-37-41(2)15-16)18-6-4-17(5-7-18)38-25-36-12-19(27(30,31)32)23(39-25)20-8-10-42(40-20)24(28)29/h8,10-15,17-18,24H,3-7,9H2,1-2H3,(H,33,44)(H,36,38,39). The molecule has 1 aliphatic carbocycles. The van der Waals surface area contributed by atoms with Crippen LogP contribution in [0.1, 0.15) is 51.1 Å². The molecular formula is C27H30F5N11O. The highest BCUT2D eigenvalue weighted by molar-refractivity contribution is 5.91. The van der Waals surface area contributed by atoms with Gasteiger partial charge in [-0.3, -0.25) is 14.6 Å². The normalized spacial score (nSPS) is 17.1. The quantitative estimate of drug-likeness (QED) is 0.242. The molecule has 234 valence electrons. The number of alkyl halides is 5. The Hall–Kier alpha value is -4.70. The third-order valence-corrected chi connectivity index (χ3v) is 7.17. The minimum Gasteiger partial charge on any atom is -0.351 e. The van der Waals surface area contributed by atoms with Crippen LogP contribution in [-0.4, -0.2) is 64.2 Å². The van der Waals surface area contributed by atoms with Gasteiger partial charge in [-0.25, -0.2) is 24.4 Å². The maximum atomic E-state index is 13.7. The molecule has 2 amide bonds. The van der Waals surface area contributed by atoms with E-state index in [1.165, 1.54) is 0 Å². The Kier molecular flexibility index (Phi) is 9.01. The second-order valence-corrected chi connectivity index (χ2v) is 10.3. The van der Waals surface area contributed by atoms with E-state index in [-0.39, 0.29) is 34.4 Å². The molecule has 4 aromatic rings. The Morgan fingerprint density at radius 2 is 1.84 bits per heavy atom. The number of carbonyl (C=O) groups is 1. The summed E-state index contributed by atoms with van der Waals surface area (Å²) in [5.74, 6) is 0.305. The van der Waals surface area contributed by atoms with Gasteiger partial charge < -0.3 is 10.6 Å².